The molecule has 1 aromatic heterocycles. The number of carbonyl (C=O) groups excluding carboxylic acids is 1. The highest BCUT2D eigenvalue weighted by atomic mass is 32.1. The zero-order valence-electron chi connectivity index (χ0n) is 12.8. The molecule has 5 nitrogen and oxygen atoms in total. The van der Waals surface area contributed by atoms with Gasteiger partial charge in [-0.05, 0) is 18.6 Å². The first kappa shape index (κ1) is 16.5. The lowest BCUT2D eigenvalue weighted by Crippen LogP contribution is -2.14. The molecule has 0 unspecified atom stereocenters. The second-order valence-corrected chi connectivity index (χ2v) is 5.62. The summed E-state index contributed by atoms with van der Waals surface area (Å²) in [6.45, 7) is 3.06. The van der Waals surface area contributed by atoms with Crippen molar-refractivity contribution in [3.8, 4) is 5.75 Å². The number of rotatable bonds is 8. The summed E-state index contributed by atoms with van der Waals surface area (Å²) >= 11 is 1.59. The fourth-order valence-electron chi connectivity index (χ4n) is 1.87. The van der Waals surface area contributed by atoms with Gasteiger partial charge >= 0.3 is 0 Å². The number of ether oxygens (including phenoxy) is 2. The van der Waals surface area contributed by atoms with Crippen LogP contribution in [0.2, 0.25) is 0 Å². The first-order valence-corrected chi connectivity index (χ1v) is 8.04. The van der Waals surface area contributed by atoms with Gasteiger partial charge in [0.15, 0.2) is 0 Å². The number of benzene rings is 1. The van der Waals surface area contributed by atoms with Gasteiger partial charge in [0.25, 0.3) is 0 Å². The first-order chi connectivity index (χ1) is 10.7. The Morgan fingerprint density at radius 2 is 2.23 bits per heavy atom. The Balaban J connectivity index is 1.89. The molecule has 0 saturated carbocycles. The van der Waals surface area contributed by atoms with Gasteiger partial charge in [-0.3, -0.25) is 4.79 Å². The molecule has 0 spiro atoms. The number of carbonyl (C=O) groups is 1. The Bertz CT molecular complexity index is 613. The van der Waals surface area contributed by atoms with Crippen molar-refractivity contribution in [2.24, 2.45) is 0 Å². The maximum atomic E-state index is 12.0. The largest absolute Gasteiger partial charge is 0.491 e. The van der Waals surface area contributed by atoms with Crippen molar-refractivity contribution >= 4 is 22.9 Å². The van der Waals surface area contributed by atoms with E-state index in [2.05, 4.69) is 17.2 Å². The number of hydrogen-bond acceptors (Lipinski definition) is 5. The maximum Gasteiger partial charge on any atom is 0.230 e. The Morgan fingerprint density at radius 3 is 2.95 bits per heavy atom. The Labute approximate surface area is 134 Å². The third kappa shape index (κ3) is 5.13. The number of aryl methyl sites for hydroxylation is 1. The zero-order chi connectivity index (χ0) is 15.8. The molecule has 1 amide bonds. The summed E-state index contributed by atoms with van der Waals surface area (Å²) in [5, 5.41) is 5.85. The van der Waals surface area contributed by atoms with Crippen LogP contribution in [0.4, 0.5) is 5.69 Å². The van der Waals surface area contributed by atoms with Gasteiger partial charge in [-0.1, -0.05) is 13.0 Å². The van der Waals surface area contributed by atoms with Crippen LogP contribution in [0.25, 0.3) is 0 Å². The lowest BCUT2D eigenvalue weighted by Gasteiger charge is -2.08. The number of hydrogen-bond donors (Lipinski definition) is 1. The topological polar surface area (TPSA) is 60.5 Å². The van der Waals surface area contributed by atoms with Crippen LogP contribution in [-0.4, -0.2) is 31.2 Å². The summed E-state index contributed by atoms with van der Waals surface area (Å²) in [6.07, 6.45) is 1.18. The van der Waals surface area contributed by atoms with Gasteiger partial charge in [-0.15, -0.1) is 11.3 Å². The lowest BCUT2D eigenvalue weighted by atomic mass is 10.2. The molecule has 0 aliphatic carbocycles. The van der Waals surface area contributed by atoms with Gasteiger partial charge in [-0.2, -0.15) is 0 Å². The third-order valence-corrected chi connectivity index (χ3v) is 3.96. The van der Waals surface area contributed by atoms with Crippen molar-refractivity contribution in [3.05, 3.63) is 40.3 Å². The predicted octanol–water partition coefficient (Wildman–Crippen LogP) is 2.91. The molecule has 1 N–H and O–H groups in total. The quantitative estimate of drug-likeness (QED) is 0.760. The molecular formula is C16H20N2O3S. The number of aromatic nitrogens is 1. The number of nitrogens with one attached hydrogen (secondary N) is 1. The van der Waals surface area contributed by atoms with Crippen LogP contribution in [-0.2, 0) is 22.4 Å². The molecule has 0 radical (unpaired) electrons. The van der Waals surface area contributed by atoms with Crippen LogP contribution in [0.3, 0.4) is 0 Å². The van der Waals surface area contributed by atoms with E-state index >= 15 is 0 Å². The van der Waals surface area contributed by atoms with E-state index in [1.165, 1.54) is 0 Å². The summed E-state index contributed by atoms with van der Waals surface area (Å²) in [7, 11) is 1.63. The second kappa shape index (κ2) is 8.51. The van der Waals surface area contributed by atoms with Gasteiger partial charge in [-0.25, -0.2) is 4.98 Å². The molecule has 0 bridgehead atoms. The normalized spacial score (nSPS) is 10.5. The number of anilines is 1. The minimum atomic E-state index is -0.0815. The van der Waals surface area contributed by atoms with E-state index in [9.17, 15) is 4.79 Å². The smallest absolute Gasteiger partial charge is 0.230 e. The molecule has 118 valence electrons. The van der Waals surface area contributed by atoms with Crippen molar-refractivity contribution in [1.82, 2.24) is 4.98 Å². The third-order valence-electron chi connectivity index (χ3n) is 2.92. The van der Waals surface area contributed by atoms with Crippen molar-refractivity contribution in [2.45, 2.75) is 19.8 Å². The molecule has 0 aliphatic rings. The molecule has 2 aromatic rings. The molecule has 1 heterocycles. The van der Waals surface area contributed by atoms with Crippen LogP contribution in [0.5, 0.6) is 5.75 Å². The van der Waals surface area contributed by atoms with Crippen molar-refractivity contribution in [3.63, 3.8) is 0 Å². The summed E-state index contributed by atoms with van der Waals surface area (Å²) < 4.78 is 10.5. The monoisotopic (exact) mass is 320 g/mol. The van der Waals surface area contributed by atoms with E-state index in [1.54, 1.807) is 24.5 Å². The van der Waals surface area contributed by atoms with Gasteiger partial charge in [0.1, 0.15) is 12.4 Å². The Hall–Kier alpha value is -1.92. The molecule has 0 saturated heterocycles. The highest BCUT2D eigenvalue weighted by Gasteiger charge is 2.08. The van der Waals surface area contributed by atoms with E-state index in [0.29, 0.717) is 24.7 Å². The van der Waals surface area contributed by atoms with Crippen LogP contribution in [0.1, 0.15) is 17.6 Å². The Morgan fingerprint density at radius 1 is 1.36 bits per heavy atom. The van der Waals surface area contributed by atoms with Gasteiger partial charge in [0.05, 0.1) is 23.7 Å². The second-order valence-electron chi connectivity index (χ2n) is 4.68. The molecule has 6 heteroatoms. The fraction of sp³-hybridized carbons (Fsp3) is 0.375. The van der Waals surface area contributed by atoms with Crippen LogP contribution >= 0.6 is 11.3 Å². The highest BCUT2D eigenvalue weighted by Crippen LogP contribution is 2.18. The van der Waals surface area contributed by atoms with E-state index in [-0.39, 0.29) is 12.3 Å². The van der Waals surface area contributed by atoms with E-state index in [0.717, 1.165) is 17.1 Å². The number of thiazole rings is 1. The van der Waals surface area contributed by atoms with Gasteiger partial charge in [0.2, 0.25) is 5.91 Å². The van der Waals surface area contributed by atoms with Crippen LogP contribution in [0, 0.1) is 0 Å². The van der Waals surface area contributed by atoms with Crippen molar-refractivity contribution < 1.29 is 14.3 Å². The van der Waals surface area contributed by atoms with Crippen LogP contribution in [0.15, 0.2) is 29.6 Å². The molecule has 2 rings (SSSR count). The minimum Gasteiger partial charge on any atom is -0.491 e. The SMILES string of the molecule is CCc1nc(CC(=O)Nc2cccc(OCCOC)c2)cs1. The average Bonchev–Trinajstić information content (AvgIpc) is 2.95. The molecule has 0 fully saturated rings. The summed E-state index contributed by atoms with van der Waals surface area (Å²) in [5.74, 6) is 0.624. The minimum absolute atomic E-state index is 0.0815. The molecular weight excluding hydrogens is 300 g/mol. The summed E-state index contributed by atoms with van der Waals surface area (Å²) in [5.41, 5.74) is 1.53. The summed E-state index contributed by atoms with van der Waals surface area (Å²) in [4.78, 5) is 16.4. The number of methoxy groups -OCH3 is 1. The van der Waals surface area contributed by atoms with E-state index in [4.69, 9.17) is 9.47 Å². The molecule has 0 aliphatic heterocycles. The highest BCUT2D eigenvalue weighted by molar-refractivity contribution is 7.09. The van der Waals surface area contributed by atoms with E-state index in [1.807, 2.05) is 23.6 Å². The van der Waals surface area contributed by atoms with Crippen molar-refractivity contribution in [1.29, 1.82) is 0 Å². The van der Waals surface area contributed by atoms with Crippen molar-refractivity contribution in [2.75, 3.05) is 25.6 Å². The first-order valence-electron chi connectivity index (χ1n) is 7.16. The Kier molecular flexibility index (Phi) is 6.36. The van der Waals surface area contributed by atoms with Gasteiger partial charge in [0, 0.05) is 24.2 Å². The number of nitrogens with zero attached hydrogens (tertiary/aromatic N) is 1. The molecule has 22 heavy (non-hydrogen) atoms. The molecule has 1 aromatic carbocycles. The number of amides is 1. The predicted molar refractivity (Wildman–Crippen MR) is 87.6 cm³/mol. The molecule has 0 atom stereocenters. The maximum absolute atomic E-state index is 12.0. The zero-order valence-corrected chi connectivity index (χ0v) is 13.6. The van der Waals surface area contributed by atoms with Crippen LogP contribution < -0.4 is 10.1 Å². The standard InChI is InChI=1S/C16H20N2O3S/c1-3-16-18-13(11-22-16)10-15(19)17-12-5-4-6-14(9-12)21-8-7-20-2/h4-6,9,11H,3,7-8,10H2,1-2H3,(H,17,19). The van der Waals surface area contributed by atoms with E-state index < -0.39 is 0 Å². The van der Waals surface area contributed by atoms with Gasteiger partial charge < -0.3 is 14.8 Å². The average molecular weight is 320 g/mol. The lowest BCUT2D eigenvalue weighted by molar-refractivity contribution is -0.115. The summed E-state index contributed by atoms with van der Waals surface area (Å²) in [6, 6.07) is 7.32. The fourth-order valence-corrected chi connectivity index (χ4v) is 2.61.